The van der Waals surface area contributed by atoms with Gasteiger partial charge in [-0.3, -0.25) is 5.32 Å². The van der Waals surface area contributed by atoms with E-state index in [2.05, 4.69) is 27.4 Å². The summed E-state index contributed by atoms with van der Waals surface area (Å²) >= 11 is 0. The van der Waals surface area contributed by atoms with Crippen LogP contribution in [0.1, 0.15) is 98.1 Å². The van der Waals surface area contributed by atoms with Crippen molar-refractivity contribution in [1.29, 1.82) is 0 Å². The first-order chi connectivity index (χ1) is 21.0. The fourth-order valence-electron chi connectivity index (χ4n) is 4.36. The van der Waals surface area contributed by atoms with Gasteiger partial charge in [-0.2, -0.15) is 18.2 Å². The summed E-state index contributed by atoms with van der Waals surface area (Å²) in [6.45, 7) is 12.5. The maximum atomic E-state index is 14.0. The number of alkyl halides is 3. The first kappa shape index (κ1) is 35.4. The second-order valence-electron chi connectivity index (χ2n) is 12.5. The summed E-state index contributed by atoms with van der Waals surface area (Å²) in [6.07, 6.45) is 1.00. The highest BCUT2D eigenvalue weighted by Gasteiger charge is 2.37. The van der Waals surface area contributed by atoms with Gasteiger partial charge in [0, 0.05) is 12.1 Å². The lowest BCUT2D eigenvalue weighted by Gasteiger charge is -2.27. The number of benzene rings is 1. The quantitative estimate of drug-likeness (QED) is 0.133. The number of nitrogens with one attached hydrogen (secondary N) is 1. The highest BCUT2D eigenvalue weighted by Crippen LogP contribution is 2.39. The molecule has 45 heavy (non-hydrogen) atoms. The van der Waals surface area contributed by atoms with Gasteiger partial charge in [0.15, 0.2) is 0 Å². The molecule has 248 valence electrons. The molecule has 2 aromatic rings. The lowest BCUT2D eigenvalue weighted by Crippen LogP contribution is -2.46. The Morgan fingerprint density at radius 2 is 1.82 bits per heavy atom. The molecule has 0 bridgehead atoms. The van der Waals surface area contributed by atoms with Crippen molar-refractivity contribution in [3.63, 3.8) is 0 Å². The van der Waals surface area contributed by atoms with Gasteiger partial charge in [0.05, 0.1) is 5.56 Å². The van der Waals surface area contributed by atoms with Crippen molar-refractivity contribution in [2.75, 3.05) is 13.2 Å². The van der Waals surface area contributed by atoms with Crippen LogP contribution in [0.4, 0.5) is 22.8 Å². The number of alkyl carbamates (subject to hydrolysis) is 1. The fourth-order valence-corrected chi connectivity index (χ4v) is 4.36. The Kier molecular flexibility index (Phi) is 11.6. The van der Waals surface area contributed by atoms with E-state index < -0.39 is 41.2 Å². The number of halogens is 3. The lowest BCUT2D eigenvalue weighted by atomic mass is 10.1. The third kappa shape index (κ3) is 11.1. The number of aromatic nitrogens is 2. The first-order valence-electron chi connectivity index (χ1n) is 14.9. The molecule has 1 fully saturated rings. The van der Waals surface area contributed by atoms with Crippen LogP contribution in [-0.2, 0) is 15.7 Å². The SMILES string of the molecule is CCCC/C=C/COc1ccc(-c2noc(C3CCCN3C(=NC(=O)OC(C)(C)C)NC(=O)OC(C)(C)C)n2)cc1C(F)(F)F. The van der Waals surface area contributed by atoms with E-state index in [9.17, 15) is 22.8 Å². The number of aliphatic imine (C=N–C) groups is 1. The molecule has 0 spiro atoms. The van der Waals surface area contributed by atoms with Crippen LogP contribution in [0.15, 0.2) is 39.9 Å². The number of amides is 2. The molecule has 2 amide bonds. The topological polar surface area (TPSA) is 128 Å². The molecule has 0 saturated carbocycles. The number of rotatable bonds is 8. The van der Waals surface area contributed by atoms with E-state index in [4.69, 9.17) is 18.7 Å². The summed E-state index contributed by atoms with van der Waals surface area (Å²) in [4.78, 5) is 35.2. The summed E-state index contributed by atoms with van der Waals surface area (Å²) < 4.78 is 63.4. The van der Waals surface area contributed by atoms with Crippen molar-refractivity contribution >= 4 is 18.1 Å². The molecule has 1 aromatic heterocycles. The highest BCUT2D eigenvalue weighted by molar-refractivity contribution is 5.99. The van der Waals surface area contributed by atoms with Crippen LogP contribution >= 0.6 is 0 Å². The van der Waals surface area contributed by atoms with Gasteiger partial charge in [0.25, 0.3) is 0 Å². The minimum atomic E-state index is -4.69. The van der Waals surface area contributed by atoms with E-state index in [1.54, 1.807) is 52.5 Å². The number of hydrogen-bond donors (Lipinski definition) is 1. The molecule has 0 radical (unpaired) electrons. The molecule has 2 heterocycles. The van der Waals surface area contributed by atoms with E-state index in [1.807, 2.05) is 6.08 Å². The zero-order chi connectivity index (χ0) is 33.4. The molecule has 11 nitrogen and oxygen atoms in total. The summed E-state index contributed by atoms with van der Waals surface area (Å²) in [5.74, 6) is -0.464. The van der Waals surface area contributed by atoms with E-state index >= 15 is 0 Å². The summed E-state index contributed by atoms with van der Waals surface area (Å²) in [5.41, 5.74) is -2.56. The van der Waals surface area contributed by atoms with E-state index in [1.165, 1.54) is 12.1 Å². The zero-order valence-electron chi connectivity index (χ0n) is 26.8. The number of likely N-dealkylation sites (tertiary alicyclic amines) is 1. The van der Waals surface area contributed by atoms with Crippen molar-refractivity contribution in [2.45, 2.75) is 104 Å². The average Bonchev–Trinajstić information content (AvgIpc) is 3.57. The number of carbonyl (C=O) groups excluding carboxylic acids is 2. The number of guanidine groups is 1. The minimum Gasteiger partial charge on any atom is -0.489 e. The van der Waals surface area contributed by atoms with Gasteiger partial charge in [-0.15, -0.1) is 4.99 Å². The zero-order valence-corrected chi connectivity index (χ0v) is 26.8. The molecule has 1 aliphatic heterocycles. The Hall–Kier alpha value is -4.10. The summed E-state index contributed by atoms with van der Waals surface area (Å²) in [6, 6.07) is 2.92. The lowest BCUT2D eigenvalue weighted by molar-refractivity contribution is -0.138. The monoisotopic (exact) mass is 637 g/mol. The number of ether oxygens (including phenoxy) is 3. The van der Waals surface area contributed by atoms with Gasteiger partial charge in [-0.25, -0.2) is 9.59 Å². The van der Waals surface area contributed by atoms with Crippen LogP contribution in [-0.4, -0.2) is 57.5 Å². The van der Waals surface area contributed by atoms with Crippen molar-refractivity contribution in [2.24, 2.45) is 4.99 Å². The Balaban J connectivity index is 1.87. The second kappa shape index (κ2) is 14.8. The molecule has 0 aliphatic carbocycles. The van der Waals surface area contributed by atoms with E-state index in [0.717, 1.165) is 25.3 Å². The first-order valence-corrected chi connectivity index (χ1v) is 14.9. The van der Waals surface area contributed by atoms with Gasteiger partial charge >= 0.3 is 18.4 Å². The van der Waals surface area contributed by atoms with Gasteiger partial charge in [0.1, 0.15) is 29.6 Å². The molecule has 3 rings (SSSR count). The Morgan fingerprint density at radius 1 is 1.11 bits per heavy atom. The molecular weight excluding hydrogens is 595 g/mol. The molecular formula is C31H42F3N5O6. The number of allylic oxidation sites excluding steroid dienone is 1. The maximum Gasteiger partial charge on any atom is 0.437 e. The molecule has 1 aliphatic rings. The van der Waals surface area contributed by atoms with Crippen molar-refractivity contribution in [3.05, 3.63) is 41.8 Å². The van der Waals surface area contributed by atoms with Gasteiger partial charge in [-0.1, -0.05) is 37.1 Å². The Bertz CT molecular complexity index is 1370. The predicted octanol–water partition coefficient (Wildman–Crippen LogP) is 7.83. The second-order valence-corrected chi connectivity index (χ2v) is 12.5. The fraction of sp³-hybridized carbons (Fsp3) is 0.581. The number of nitrogens with zero attached hydrogens (tertiary/aromatic N) is 4. The number of carbonyl (C=O) groups is 2. The minimum absolute atomic E-state index is 0.000523. The molecule has 1 N–H and O–H groups in total. The molecule has 14 heteroatoms. The molecule has 1 saturated heterocycles. The van der Waals surface area contributed by atoms with Crippen molar-refractivity contribution in [1.82, 2.24) is 20.4 Å². The highest BCUT2D eigenvalue weighted by atomic mass is 19.4. The van der Waals surface area contributed by atoms with Crippen LogP contribution in [0.5, 0.6) is 5.75 Å². The smallest absolute Gasteiger partial charge is 0.437 e. The third-order valence-corrected chi connectivity index (χ3v) is 6.22. The largest absolute Gasteiger partial charge is 0.489 e. The van der Waals surface area contributed by atoms with Crippen LogP contribution in [0.3, 0.4) is 0 Å². The van der Waals surface area contributed by atoms with Crippen molar-refractivity contribution < 1.29 is 41.5 Å². The Morgan fingerprint density at radius 3 is 2.47 bits per heavy atom. The third-order valence-electron chi connectivity index (χ3n) is 6.22. The maximum absolute atomic E-state index is 14.0. The van der Waals surface area contributed by atoms with Gasteiger partial charge in [-0.05, 0) is 79.0 Å². The van der Waals surface area contributed by atoms with Gasteiger partial charge in [0.2, 0.25) is 17.7 Å². The molecule has 1 aromatic carbocycles. The normalized spacial score (nSPS) is 16.3. The predicted molar refractivity (Wildman–Crippen MR) is 161 cm³/mol. The standard InChI is InChI=1S/C31H42F3N5O6/c1-8-9-10-11-12-18-42-23-16-15-20(19-21(23)31(32,33)34)24-35-25(45-38-24)22-14-13-17-39(22)26(36-27(40)43-29(2,3)4)37-28(41)44-30(5,6)7/h11-12,15-16,19,22H,8-10,13-14,17-18H2,1-7H3,(H,36,37,40,41)/b12-11+. The van der Waals surface area contributed by atoms with Crippen LogP contribution in [0.2, 0.25) is 0 Å². The van der Waals surface area contributed by atoms with Crippen LogP contribution in [0.25, 0.3) is 11.4 Å². The van der Waals surface area contributed by atoms with Gasteiger partial charge < -0.3 is 23.6 Å². The molecule has 1 atom stereocenters. The van der Waals surface area contributed by atoms with E-state index in [0.29, 0.717) is 19.4 Å². The Labute approximate surface area is 261 Å². The summed E-state index contributed by atoms with van der Waals surface area (Å²) in [5, 5.41) is 6.44. The van der Waals surface area contributed by atoms with Crippen LogP contribution < -0.4 is 10.1 Å². The number of hydrogen-bond acceptors (Lipinski definition) is 8. The molecule has 1 unspecified atom stereocenters. The summed E-state index contributed by atoms with van der Waals surface area (Å²) in [7, 11) is 0. The van der Waals surface area contributed by atoms with Crippen molar-refractivity contribution in [3.8, 4) is 17.1 Å². The average molecular weight is 638 g/mol. The number of unbranched alkanes of at least 4 members (excludes halogenated alkanes) is 2. The van der Waals surface area contributed by atoms with Crippen LogP contribution in [0, 0.1) is 0 Å². The van der Waals surface area contributed by atoms with E-state index in [-0.39, 0.29) is 35.6 Å².